The van der Waals surface area contributed by atoms with E-state index in [0.29, 0.717) is 16.1 Å². The number of fused-ring (bicyclic) bond motifs is 4. The maximum absolute atomic E-state index is 12.5. The Labute approximate surface area is 138 Å². The second-order valence-electron chi connectivity index (χ2n) is 4.96. The first-order valence-electron chi connectivity index (χ1n) is 6.66. The van der Waals surface area contributed by atoms with Gasteiger partial charge in [0.15, 0.2) is 0 Å². The number of para-hydroxylation sites is 1. The molecule has 0 spiro atoms. The Kier molecular flexibility index (Phi) is 3.04. The summed E-state index contributed by atoms with van der Waals surface area (Å²) in [6, 6.07) is 11.8. The predicted octanol–water partition coefficient (Wildman–Crippen LogP) is 4.48. The van der Waals surface area contributed by atoms with Gasteiger partial charge >= 0.3 is 0 Å². The van der Waals surface area contributed by atoms with Crippen molar-refractivity contribution in [2.45, 2.75) is 0 Å². The topological polar surface area (TPSA) is 73.1 Å². The zero-order valence-electron chi connectivity index (χ0n) is 11.4. The van der Waals surface area contributed by atoms with Crippen LogP contribution >= 0.6 is 22.9 Å². The van der Waals surface area contributed by atoms with Gasteiger partial charge in [0.2, 0.25) is 5.43 Å². The third-order valence-electron chi connectivity index (χ3n) is 3.64. The first-order chi connectivity index (χ1) is 11.1. The van der Waals surface area contributed by atoms with E-state index in [9.17, 15) is 14.9 Å². The van der Waals surface area contributed by atoms with Crippen molar-refractivity contribution in [3.8, 4) is 10.6 Å². The standard InChI is InChI=1S/C16H7ClN2O3S/c17-13-15(20)8-4-3-6-10(19(21)22)12(8)14-16(13)23-11-7-2-1-5-9(11)18-14/h1-7H. The number of nitrogens with zero attached hydrogens (tertiary/aromatic N) is 2. The molecule has 0 amide bonds. The highest BCUT2D eigenvalue weighted by molar-refractivity contribution is 7.22. The lowest BCUT2D eigenvalue weighted by molar-refractivity contribution is -0.383. The minimum absolute atomic E-state index is 0.0521. The van der Waals surface area contributed by atoms with Gasteiger partial charge in [-0.05, 0) is 18.2 Å². The number of nitro benzene ring substituents is 1. The Morgan fingerprint density at radius 2 is 1.91 bits per heavy atom. The van der Waals surface area contributed by atoms with E-state index >= 15 is 0 Å². The van der Waals surface area contributed by atoms with Crippen LogP contribution in [0.25, 0.3) is 31.6 Å². The average Bonchev–Trinajstić information content (AvgIpc) is 2.57. The Balaban J connectivity index is 2.35. The molecule has 0 saturated heterocycles. The number of hydrogen-bond acceptors (Lipinski definition) is 5. The molecule has 1 aliphatic carbocycles. The molecule has 4 rings (SSSR count). The van der Waals surface area contributed by atoms with Crippen LogP contribution in [0.3, 0.4) is 0 Å². The van der Waals surface area contributed by atoms with Crippen molar-refractivity contribution in [1.29, 1.82) is 0 Å². The summed E-state index contributed by atoms with van der Waals surface area (Å²) < 4.78 is 0.860. The van der Waals surface area contributed by atoms with Crippen molar-refractivity contribution < 1.29 is 4.92 Å². The number of halogens is 1. The number of nitro groups is 1. The van der Waals surface area contributed by atoms with E-state index in [4.69, 9.17) is 11.6 Å². The van der Waals surface area contributed by atoms with E-state index < -0.39 is 10.4 Å². The molecule has 1 heterocycles. The van der Waals surface area contributed by atoms with Gasteiger partial charge in [-0.1, -0.05) is 29.8 Å². The second-order valence-corrected chi connectivity index (χ2v) is 6.39. The number of aromatic nitrogens is 1. The molecule has 1 aliphatic heterocycles. The van der Waals surface area contributed by atoms with Crippen molar-refractivity contribution in [3.63, 3.8) is 0 Å². The van der Waals surface area contributed by atoms with Crippen molar-refractivity contribution in [3.05, 3.63) is 67.8 Å². The Morgan fingerprint density at radius 1 is 1.13 bits per heavy atom. The first kappa shape index (κ1) is 14.0. The molecule has 0 bridgehead atoms. The van der Waals surface area contributed by atoms with Gasteiger partial charge in [-0.3, -0.25) is 14.9 Å². The largest absolute Gasteiger partial charge is 0.288 e. The summed E-state index contributed by atoms with van der Waals surface area (Å²) in [7, 11) is 0. The van der Waals surface area contributed by atoms with Crippen molar-refractivity contribution >= 4 is 49.6 Å². The van der Waals surface area contributed by atoms with Crippen molar-refractivity contribution in [2.75, 3.05) is 0 Å². The summed E-state index contributed by atoms with van der Waals surface area (Å²) in [4.78, 5) is 28.3. The number of non-ortho nitro benzene ring substituents is 1. The Bertz CT molecular complexity index is 1140. The highest BCUT2D eigenvalue weighted by Gasteiger charge is 2.25. The number of rotatable bonds is 1. The molecular formula is C16H7ClN2O3S. The summed E-state index contributed by atoms with van der Waals surface area (Å²) >= 11 is 7.54. The van der Waals surface area contributed by atoms with Gasteiger partial charge in [0.05, 0.1) is 31.1 Å². The summed E-state index contributed by atoms with van der Waals surface area (Å²) in [5, 5.41) is 11.9. The third-order valence-corrected chi connectivity index (χ3v) is 5.28. The molecule has 7 heteroatoms. The van der Waals surface area contributed by atoms with Crippen LogP contribution in [0.2, 0.25) is 5.02 Å². The molecule has 0 fully saturated rings. The molecule has 0 saturated carbocycles. The lowest BCUT2D eigenvalue weighted by Crippen LogP contribution is -2.07. The number of hydrogen-bond donors (Lipinski definition) is 0. The maximum atomic E-state index is 12.5. The van der Waals surface area contributed by atoms with Gasteiger partial charge in [-0.2, -0.15) is 0 Å². The Hall–Kier alpha value is -2.57. The molecule has 112 valence electrons. The molecule has 0 atom stereocenters. The van der Waals surface area contributed by atoms with E-state index in [2.05, 4.69) is 4.98 Å². The first-order valence-corrected chi connectivity index (χ1v) is 7.85. The van der Waals surface area contributed by atoms with Crippen LogP contribution in [0.15, 0.2) is 47.3 Å². The quantitative estimate of drug-likeness (QED) is 0.221. The average molecular weight is 343 g/mol. The fraction of sp³-hybridized carbons (Fsp3) is 0. The van der Waals surface area contributed by atoms with Crippen LogP contribution in [-0.4, -0.2) is 9.91 Å². The van der Waals surface area contributed by atoms with Crippen molar-refractivity contribution in [1.82, 2.24) is 4.98 Å². The molecule has 2 aliphatic rings. The molecule has 0 N–H and O–H groups in total. The highest BCUT2D eigenvalue weighted by atomic mass is 35.5. The summed E-state index contributed by atoms with van der Waals surface area (Å²) in [6.07, 6.45) is 0. The molecule has 5 nitrogen and oxygen atoms in total. The van der Waals surface area contributed by atoms with E-state index in [-0.39, 0.29) is 21.5 Å². The molecule has 23 heavy (non-hydrogen) atoms. The lowest BCUT2D eigenvalue weighted by atomic mass is 10.0. The third kappa shape index (κ3) is 1.99. The van der Waals surface area contributed by atoms with E-state index in [0.717, 1.165) is 4.70 Å². The zero-order valence-corrected chi connectivity index (χ0v) is 13.0. The number of benzene rings is 3. The summed E-state index contributed by atoms with van der Waals surface area (Å²) in [5.41, 5.74) is 0.544. The molecule has 0 aromatic heterocycles. The van der Waals surface area contributed by atoms with E-state index in [1.807, 2.05) is 24.3 Å². The summed E-state index contributed by atoms with van der Waals surface area (Å²) in [5.74, 6) is 0. The minimum Gasteiger partial charge on any atom is -0.288 e. The molecule has 2 aromatic rings. The monoisotopic (exact) mass is 342 g/mol. The maximum Gasteiger partial charge on any atom is 0.279 e. The van der Waals surface area contributed by atoms with E-state index in [1.54, 1.807) is 0 Å². The zero-order chi connectivity index (χ0) is 16.1. The van der Waals surface area contributed by atoms with Gasteiger partial charge in [0.25, 0.3) is 5.69 Å². The van der Waals surface area contributed by atoms with Crippen molar-refractivity contribution in [2.24, 2.45) is 0 Å². The Morgan fingerprint density at radius 3 is 2.70 bits per heavy atom. The predicted molar refractivity (Wildman–Crippen MR) is 91.7 cm³/mol. The second kappa shape index (κ2) is 4.97. The fourth-order valence-electron chi connectivity index (χ4n) is 2.64. The fourth-order valence-corrected chi connectivity index (χ4v) is 3.95. The highest BCUT2D eigenvalue weighted by Crippen LogP contribution is 2.41. The molecule has 2 aromatic carbocycles. The van der Waals surface area contributed by atoms with Crippen LogP contribution in [0, 0.1) is 10.1 Å². The van der Waals surface area contributed by atoms with Gasteiger partial charge in [0.1, 0.15) is 5.02 Å². The molecule has 0 radical (unpaired) electrons. The van der Waals surface area contributed by atoms with Crippen LogP contribution in [0.4, 0.5) is 5.69 Å². The summed E-state index contributed by atoms with van der Waals surface area (Å²) in [6.45, 7) is 0. The van der Waals surface area contributed by atoms with Crippen LogP contribution in [0.5, 0.6) is 0 Å². The smallest absolute Gasteiger partial charge is 0.279 e. The SMILES string of the molecule is O=c1c(Cl)c2sc3ccccc3nc-2c2c([N+](=O)[O-])cccc12. The van der Waals surface area contributed by atoms with Gasteiger partial charge in [-0.25, -0.2) is 4.98 Å². The van der Waals surface area contributed by atoms with Crippen LogP contribution in [-0.2, 0) is 0 Å². The minimum atomic E-state index is -0.503. The molecular weight excluding hydrogens is 336 g/mol. The van der Waals surface area contributed by atoms with Gasteiger partial charge < -0.3 is 0 Å². The van der Waals surface area contributed by atoms with E-state index in [1.165, 1.54) is 29.5 Å². The van der Waals surface area contributed by atoms with Gasteiger partial charge in [-0.15, -0.1) is 11.3 Å². The lowest BCUT2D eigenvalue weighted by Gasteiger charge is -2.11. The normalized spacial score (nSPS) is 11.3. The van der Waals surface area contributed by atoms with Crippen LogP contribution in [0.1, 0.15) is 0 Å². The molecule has 0 unspecified atom stereocenters. The van der Waals surface area contributed by atoms with Crippen LogP contribution < -0.4 is 5.43 Å². The van der Waals surface area contributed by atoms with Gasteiger partial charge in [0, 0.05) is 11.5 Å².